The van der Waals surface area contributed by atoms with E-state index in [4.69, 9.17) is 0 Å². The van der Waals surface area contributed by atoms with Gasteiger partial charge in [0.15, 0.2) is 0 Å². The molecule has 128 valence electrons. The van der Waals surface area contributed by atoms with Crippen molar-refractivity contribution in [1.82, 2.24) is 15.3 Å². The van der Waals surface area contributed by atoms with Crippen molar-refractivity contribution in [1.29, 1.82) is 0 Å². The largest absolute Gasteiger partial charge is 0.344 e. The van der Waals surface area contributed by atoms with Gasteiger partial charge in [0.25, 0.3) is 0 Å². The van der Waals surface area contributed by atoms with E-state index in [2.05, 4.69) is 20.6 Å². The molecule has 0 aliphatic rings. The average Bonchev–Trinajstić information content (AvgIpc) is 2.96. The summed E-state index contributed by atoms with van der Waals surface area (Å²) in [4.78, 5) is 31.4. The van der Waals surface area contributed by atoms with Gasteiger partial charge in [-0.2, -0.15) is 0 Å². The summed E-state index contributed by atoms with van der Waals surface area (Å²) in [7, 11) is 0. The van der Waals surface area contributed by atoms with Crippen molar-refractivity contribution >= 4 is 28.8 Å². The number of para-hydroxylation sites is 2. The number of aromatic nitrogens is 2. The molecule has 1 atom stereocenters. The number of carbonyl (C=O) groups excluding carboxylic acids is 2. The molecule has 3 rings (SSSR count). The van der Waals surface area contributed by atoms with Gasteiger partial charge in [-0.3, -0.25) is 14.9 Å². The lowest BCUT2D eigenvalue weighted by molar-refractivity contribution is -0.125. The number of H-pyrrole nitrogens is 1. The van der Waals surface area contributed by atoms with E-state index in [1.54, 1.807) is 13.0 Å². The van der Waals surface area contributed by atoms with Crippen molar-refractivity contribution in [3.63, 3.8) is 0 Å². The molecular formula is C18H17FN4O2. The smallest absolute Gasteiger partial charge is 0.248 e. The lowest BCUT2D eigenvalue weighted by Gasteiger charge is -2.13. The number of rotatable bonds is 5. The van der Waals surface area contributed by atoms with Crippen LogP contribution in [0.15, 0.2) is 48.5 Å². The van der Waals surface area contributed by atoms with Gasteiger partial charge < -0.3 is 10.3 Å². The van der Waals surface area contributed by atoms with Crippen LogP contribution in [0.1, 0.15) is 12.5 Å². The number of carbonyl (C=O) groups is 2. The zero-order valence-corrected chi connectivity index (χ0v) is 13.5. The quantitative estimate of drug-likeness (QED) is 0.666. The molecule has 2 aromatic carbocycles. The number of imidazole rings is 1. The molecule has 7 heteroatoms. The van der Waals surface area contributed by atoms with E-state index in [0.29, 0.717) is 11.5 Å². The Balaban J connectivity index is 1.57. The van der Waals surface area contributed by atoms with Crippen LogP contribution in [0.4, 0.5) is 10.3 Å². The van der Waals surface area contributed by atoms with E-state index in [9.17, 15) is 14.0 Å². The zero-order valence-electron chi connectivity index (χ0n) is 13.5. The van der Waals surface area contributed by atoms with Crippen LogP contribution in [0.5, 0.6) is 0 Å². The fourth-order valence-electron chi connectivity index (χ4n) is 2.43. The summed E-state index contributed by atoms with van der Waals surface area (Å²) in [6.07, 6.45) is 0.0000176. The molecule has 1 heterocycles. The highest BCUT2D eigenvalue weighted by Crippen LogP contribution is 2.13. The maximum atomic E-state index is 13.1. The molecule has 0 fully saturated rings. The molecule has 0 saturated carbocycles. The molecule has 0 aliphatic heterocycles. The Bertz CT molecular complexity index is 889. The molecule has 0 aliphatic carbocycles. The van der Waals surface area contributed by atoms with Crippen LogP contribution in [0, 0.1) is 5.82 Å². The first kappa shape index (κ1) is 16.6. The normalized spacial score (nSPS) is 11.9. The second kappa shape index (κ2) is 7.12. The summed E-state index contributed by atoms with van der Waals surface area (Å²) in [6.45, 7) is 1.57. The highest BCUT2D eigenvalue weighted by atomic mass is 19.1. The minimum absolute atomic E-state index is 0.0000176. The number of halogens is 1. The summed E-state index contributed by atoms with van der Waals surface area (Å²) in [5.74, 6) is -0.845. The third kappa shape index (κ3) is 4.20. The van der Waals surface area contributed by atoms with Gasteiger partial charge in [-0.25, -0.2) is 9.37 Å². The Hall–Kier alpha value is -3.22. The van der Waals surface area contributed by atoms with Crippen molar-refractivity contribution in [2.24, 2.45) is 0 Å². The topological polar surface area (TPSA) is 86.9 Å². The van der Waals surface area contributed by atoms with E-state index >= 15 is 0 Å². The lowest BCUT2D eigenvalue weighted by atomic mass is 10.1. The fraction of sp³-hybridized carbons (Fsp3) is 0.167. The number of hydrogen-bond donors (Lipinski definition) is 3. The number of aromatic amines is 1. The standard InChI is InChI=1S/C18H17FN4O2/c1-11(20-16(24)10-12-5-4-6-13(19)9-12)17(25)23-18-21-14-7-2-3-8-15(14)22-18/h2-9,11H,10H2,1H3,(H,20,24)(H2,21,22,23,25). The van der Waals surface area contributed by atoms with Gasteiger partial charge in [-0.05, 0) is 36.8 Å². The third-order valence-electron chi connectivity index (χ3n) is 3.66. The van der Waals surface area contributed by atoms with Crippen LogP contribution in [0.3, 0.4) is 0 Å². The lowest BCUT2D eigenvalue weighted by Crippen LogP contribution is -2.42. The SMILES string of the molecule is CC(NC(=O)Cc1cccc(F)c1)C(=O)Nc1nc2ccccc2[nH]1. The van der Waals surface area contributed by atoms with Crippen molar-refractivity contribution in [2.45, 2.75) is 19.4 Å². The molecule has 25 heavy (non-hydrogen) atoms. The van der Waals surface area contributed by atoms with Crippen LogP contribution >= 0.6 is 0 Å². The molecular weight excluding hydrogens is 323 g/mol. The minimum Gasteiger partial charge on any atom is -0.344 e. The Morgan fingerprint density at radius 3 is 2.76 bits per heavy atom. The predicted octanol–water partition coefficient (Wildman–Crippen LogP) is 2.39. The number of anilines is 1. The van der Waals surface area contributed by atoms with Gasteiger partial charge in [0, 0.05) is 0 Å². The van der Waals surface area contributed by atoms with Crippen LogP contribution < -0.4 is 10.6 Å². The number of nitrogens with one attached hydrogen (secondary N) is 3. The van der Waals surface area contributed by atoms with Crippen LogP contribution in [-0.2, 0) is 16.0 Å². The molecule has 1 aromatic heterocycles. The summed E-state index contributed by atoms with van der Waals surface area (Å²) in [5, 5.41) is 5.22. The fourth-order valence-corrected chi connectivity index (χ4v) is 2.43. The van der Waals surface area contributed by atoms with Crippen molar-refractivity contribution in [3.05, 3.63) is 59.9 Å². The maximum Gasteiger partial charge on any atom is 0.248 e. The summed E-state index contributed by atoms with van der Waals surface area (Å²) in [6, 6.07) is 12.4. The van der Waals surface area contributed by atoms with E-state index < -0.39 is 17.8 Å². The number of amides is 2. The summed E-state index contributed by atoms with van der Waals surface area (Å²) in [5.41, 5.74) is 2.09. The second-order valence-electron chi connectivity index (χ2n) is 5.69. The van der Waals surface area contributed by atoms with Gasteiger partial charge in [-0.1, -0.05) is 24.3 Å². The van der Waals surface area contributed by atoms with E-state index in [1.165, 1.54) is 18.2 Å². The van der Waals surface area contributed by atoms with Gasteiger partial charge in [0.1, 0.15) is 11.9 Å². The molecule has 2 amide bonds. The predicted molar refractivity (Wildman–Crippen MR) is 92.4 cm³/mol. The number of fused-ring (bicyclic) bond motifs is 1. The Morgan fingerprint density at radius 2 is 2.00 bits per heavy atom. The molecule has 0 bridgehead atoms. The van der Waals surface area contributed by atoms with E-state index in [1.807, 2.05) is 24.3 Å². The molecule has 3 aromatic rings. The Morgan fingerprint density at radius 1 is 1.20 bits per heavy atom. The third-order valence-corrected chi connectivity index (χ3v) is 3.66. The highest BCUT2D eigenvalue weighted by molar-refractivity contribution is 5.97. The first-order chi connectivity index (χ1) is 12.0. The average molecular weight is 340 g/mol. The molecule has 1 unspecified atom stereocenters. The number of nitrogens with zero attached hydrogens (tertiary/aromatic N) is 1. The van der Waals surface area contributed by atoms with Crippen molar-refractivity contribution in [2.75, 3.05) is 5.32 Å². The van der Waals surface area contributed by atoms with Gasteiger partial charge in [0.05, 0.1) is 17.5 Å². The molecule has 0 saturated heterocycles. The van der Waals surface area contributed by atoms with Gasteiger partial charge in [0.2, 0.25) is 17.8 Å². The zero-order chi connectivity index (χ0) is 17.8. The Labute approximate surface area is 143 Å². The second-order valence-corrected chi connectivity index (χ2v) is 5.69. The van der Waals surface area contributed by atoms with Crippen molar-refractivity contribution < 1.29 is 14.0 Å². The number of hydrogen-bond acceptors (Lipinski definition) is 3. The van der Waals surface area contributed by atoms with Gasteiger partial charge >= 0.3 is 0 Å². The Kier molecular flexibility index (Phi) is 4.74. The van der Waals surface area contributed by atoms with E-state index in [0.717, 1.165) is 11.0 Å². The maximum absolute atomic E-state index is 13.1. The van der Waals surface area contributed by atoms with Crippen molar-refractivity contribution in [3.8, 4) is 0 Å². The number of benzene rings is 2. The van der Waals surface area contributed by atoms with Crippen LogP contribution in [-0.4, -0.2) is 27.8 Å². The summed E-state index contributed by atoms with van der Waals surface area (Å²) < 4.78 is 13.1. The van der Waals surface area contributed by atoms with Crippen LogP contribution in [0.2, 0.25) is 0 Å². The first-order valence-corrected chi connectivity index (χ1v) is 7.80. The molecule has 0 spiro atoms. The minimum atomic E-state index is -0.755. The molecule has 6 nitrogen and oxygen atoms in total. The monoisotopic (exact) mass is 340 g/mol. The highest BCUT2D eigenvalue weighted by Gasteiger charge is 2.17. The van der Waals surface area contributed by atoms with Crippen LogP contribution in [0.25, 0.3) is 11.0 Å². The van der Waals surface area contributed by atoms with Gasteiger partial charge in [-0.15, -0.1) is 0 Å². The molecule has 3 N–H and O–H groups in total. The molecule has 0 radical (unpaired) electrons. The first-order valence-electron chi connectivity index (χ1n) is 7.80. The van der Waals surface area contributed by atoms with E-state index in [-0.39, 0.29) is 12.3 Å². The summed E-state index contributed by atoms with van der Waals surface area (Å²) >= 11 is 0.